The standard InChI is InChI=1S/C27H38N2O6/c1-2-32-27-21(7-4-14-30)22(20-5-3-6-20)16-25(35-27)26(31)29-12-10-28(11-13-29)17-19-8-9-23-24(15-19)34-18-33-23/h8-9,15-16,20-22,27,30H,2-7,10-14,17-18H2,1H3/t21-,22+,27+/m0/s1. The van der Waals surface area contributed by atoms with Gasteiger partial charge in [0, 0.05) is 51.9 Å². The lowest BCUT2D eigenvalue weighted by Crippen LogP contribution is -2.50. The van der Waals surface area contributed by atoms with Crippen LogP contribution < -0.4 is 9.47 Å². The normalized spacial score (nSPS) is 26.7. The van der Waals surface area contributed by atoms with Gasteiger partial charge in [0.15, 0.2) is 17.3 Å². The van der Waals surface area contributed by atoms with Crippen LogP contribution in [0.5, 0.6) is 11.5 Å². The first-order valence-corrected chi connectivity index (χ1v) is 13.2. The van der Waals surface area contributed by atoms with Crippen LogP contribution in [0.4, 0.5) is 0 Å². The Morgan fingerprint density at radius 2 is 1.94 bits per heavy atom. The van der Waals surface area contributed by atoms with Gasteiger partial charge in [-0.25, -0.2) is 0 Å². The monoisotopic (exact) mass is 486 g/mol. The Bertz CT molecular complexity index is 909. The maximum Gasteiger partial charge on any atom is 0.288 e. The number of allylic oxidation sites excluding steroid dienone is 1. The zero-order chi connectivity index (χ0) is 24.2. The Hall–Kier alpha value is -2.29. The number of rotatable bonds is 9. The molecule has 192 valence electrons. The van der Waals surface area contributed by atoms with Gasteiger partial charge in [0.25, 0.3) is 5.91 Å². The minimum atomic E-state index is -0.423. The van der Waals surface area contributed by atoms with Crippen LogP contribution in [0.2, 0.25) is 0 Å². The summed E-state index contributed by atoms with van der Waals surface area (Å²) < 4.78 is 23.1. The highest BCUT2D eigenvalue weighted by atomic mass is 16.7. The largest absolute Gasteiger partial charge is 0.459 e. The molecule has 35 heavy (non-hydrogen) atoms. The average Bonchev–Trinajstić information content (AvgIpc) is 3.30. The van der Waals surface area contributed by atoms with Gasteiger partial charge in [-0.3, -0.25) is 9.69 Å². The van der Waals surface area contributed by atoms with Gasteiger partial charge < -0.3 is 29.0 Å². The molecule has 1 N–H and O–H groups in total. The molecule has 5 rings (SSSR count). The van der Waals surface area contributed by atoms with Crippen molar-refractivity contribution in [3.8, 4) is 11.5 Å². The van der Waals surface area contributed by atoms with E-state index in [2.05, 4.69) is 17.0 Å². The first-order chi connectivity index (χ1) is 17.2. The summed E-state index contributed by atoms with van der Waals surface area (Å²) in [7, 11) is 0. The Balaban J connectivity index is 1.21. The van der Waals surface area contributed by atoms with Gasteiger partial charge in [-0.05, 0) is 68.2 Å². The summed E-state index contributed by atoms with van der Waals surface area (Å²) in [4.78, 5) is 17.8. The van der Waals surface area contributed by atoms with Crippen molar-refractivity contribution in [3.05, 3.63) is 35.6 Å². The zero-order valence-corrected chi connectivity index (χ0v) is 20.7. The van der Waals surface area contributed by atoms with Gasteiger partial charge in [0.05, 0.1) is 0 Å². The maximum absolute atomic E-state index is 13.5. The summed E-state index contributed by atoms with van der Waals surface area (Å²) in [5.41, 5.74) is 1.18. The van der Waals surface area contributed by atoms with Crippen LogP contribution in [0.1, 0.15) is 44.6 Å². The smallest absolute Gasteiger partial charge is 0.288 e. The number of carbonyl (C=O) groups is 1. The number of hydrogen-bond donors (Lipinski definition) is 1. The molecule has 0 aromatic heterocycles. The van der Waals surface area contributed by atoms with E-state index in [1.54, 1.807) is 0 Å². The number of carbonyl (C=O) groups excluding carboxylic acids is 1. The third-order valence-corrected chi connectivity index (χ3v) is 7.87. The summed E-state index contributed by atoms with van der Waals surface area (Å²) in [5, 5.41) is 9.40. The number of piperazine rings is 1. The van der Waals surface area contributed by atoms with Crippen LogP contribution in [0.15, 0.2) is 30.0 Å². The average molecular weight is 487 g/mol. The summed E-state index contributed by atoms with van der Waals surface area (Å²) in [5.74, 6) is 3.06. The lowest BCUT2D eigenvalue weighted by atomic mass is 9.68. The predicted octanol–water partition coefficient (Wildman–Crippen LogP) is 3.14. The van der Waals surface area contributed by atoms with E-state index in [1.807, 2.05) is 24.0 Å². The van der Waals surface area contributed by atoms with Crippen LogP contribution in [0.25, 0.3) is 0 Å². The molecule has 2 fully saturated rings. The molecule has 0 radical (unpaired) electrons. The van der Waals surface area contributed by atoms with E-state index in [-0.39, 0.29) is 31.1 Å². The van der Waals surface area contributed by atoms with E-state index in [4.69, 9.17) is 18.9 Å². The molecular weight excluding hydrogens is 448 g/mol. The molecule has 0 spiro atoms. The summed E-state index contributed by atoms with van der Waals surface area (Å²) in [6, 6.07) is 6.08. The van der Waals surface area contributed by atoms with Crippen molar-refractivity contribution in [1.29, 1.82) is 0 Å². The minimum absolute atomic E-state index is 0.0256. The first kappa shape index (κ1) is 24.4. The SMILES string of the molecule is CCO[C@@H]1OC(C(=O)N2CCN(Cc3ccc4c(c3)OCO4)CC2)=C[C@H](C2CCC2)[C@@H]1CCCO. The molecule has 3 atom stereocenters. The molecule has 4 aliphatic rings. The molecule has 8 heteroatoms. The summed E-state index contributed by atoms with van der Waals surface area (Å²) >= 11 is 0. The van der Waals surface area contributed by atoms with Crippen LogP contribution in [0, 0.1) is 17.8 Å². The van der Waals surface area contributed by atoms with Gasteiger partial charge in [-0.15, -0.1) is 0 Å². The molecule has 1 saturated heterocycles. The van der Waals surface area contributed by atoms with Gasteiger partial charge in [0.2, 0.25) is 13.1 Å². The van der Waals surface area contributed by atoms with Crippen molar-refractivity contribution in [2.24, 2.45) is 17.8 Å². The minimum Gasteiger partial charge on any atom is -0.459 e. The molecule has 3 aliphatic heterocycles. The van der Waals surface area contributed by atoms with E-state index >= 15 is 0 Å². The van der Waals surface area contributed by atoms with E-state index in [9.17, 15) is 9.90 Å². The van der Waals surface area contributed by atoms with E-state index in [0.717, 1.165) is 44.0 Å². The molecule has 1 amide bonds. The van der Waals surface area contributed by atoms with Gasteiger partial charge in [-0.2, -0.15) is 0 Å². The van der Waals surface area contributed by atoms with Gasteiger partial charge in [0.1, 0.15) is 0 Å². The summed E-state index contributed by atoms with van der Waals surface area (Å²) in [6.45, 7) is 6.74. The quantitative estimate of drug-likeness (QED) is 0.574. The number of amides is 1. The Morgan fingerprint density at radius 3 is 2.66 bits per heavy atom. The fourth-order valence-corrected chi connectivity index (χ4v) is 5.70. The van der Waals surface area contributed by atoms with Crippen LogP contribution >= 0.6 is 0 Å². The van der Waals surface area contributed by atoms with Crippen molar-refractivity contribution in [3.63, 3.8) is 0 Å². The number of aliphatic hydroxyl groups is 1. The van der Waals surface area contributed by atoms with Crippen LogP contribution in [0.3, 0.4) is 0 Å². The molecule has 8 nitrogen and oxygen atoms in total. The molecule has 1 aromatic rings. The van der Waals surface area contributed by atoms with Gasteiger partial charge >= 0.3 is 0 Å². The molecule has 1 saturated carbocycles. The number of hydrogen-bond acceptors (Lipinski definition) is 7. The second kappa shape index (κ2) is 11.2. The van der Waals surface area contributed by atoms with Crippen molar-refractivity contribution >= 4 is 5.91 Å². The predicted molar refractivity (Wildman–Crippen MR) is 130 cm³/mol. The number of benzene rings is 1. The number of fused-ring (bicyclic) bond motifs is 1. The molecule has 1 aliphatic carbocycles. The fraction of sp³-hybridized carbons (Fsp3) is 0.667. The molecule has 0 bridgehead atoms. The second-order valence-corrected chi connectivity index (χ2v) is 10.0. The van der Waals surface area contributed by atoms with Crippen LogP contribution in [-0.2, 0) is 20.8 Å². The second-order valence-electron chi connectivity index (χ2n) is 10.0. The lowest BCUT2D eigenvalue weighted by molar-refractivity contribution is -0.181. The highest BCUT2D eigenvalue weighted by Crippen LogP contribution is 2.45. The third kappa shape index (κ3) is 5.44. The van der Waals surface area contributed by atoms with E-state index in [0.29, 0.717) is 31.4 Å². The highest BCUT2D eigenvalue weighted by molar-refractivity contribution is 5.91. The molecule has 1 aromatic carbocycles. The first-order valence-electron chi connectivity index (χ1n) is 13.2. The molecule has 3 heterocycles. The van der Waals surface area contributed by atoms with Crippen molar-refractivity contribution < 1.29 is 28.8 Å². The lowest BCUT2D eigenvalue weighted by Gasteiger charge is -2.44. The fourth-order valence-electron chi connectivity index (χ4n) is 5.70. The number of nitrogens with zero attached hydrogens (tertiary/aromatic N) is 2. The Labute approximate surface area is 207 Å². The number of aliphatic hydroxyl groups excluding tert-OH is 1. The van der Waals surface area contributed by atoms with Gasteiger partial charge in [-0.1, -0.05) is 12.5 Å². The van der Waals surface area contributed by atoms with Crippen molar-refractivity contribution in [1.82, 2.24) is 9.80 Å². The van der Waals surface area contributed by atoms with E-state index in [1.165, 1.54) is 24.8 Å². The molecule has 0 unspecified atom stereocenters. The van der Waals surface area contributed by atoms with Crippen LogP contribution in [-0.4, -0.2) is 73.3 Å². The zero-order valence-electron chi connectivity index (χ0n) is 20.7. The Kier molecular flexibility index (Phi) is 7.80. The maximum atomic E-state index is 13.5. The molecular formula is C27H38N2O6. The van der Waals surface area contributed by atoms with E-state index < -0.39 is 6.29 Å². The van der Waals surface area contributed by atoms with Crippen molar-refractivity contribution in [2.45, 2.75) is 51.9 Å². The third-order valence-electron chi connectivity index (χ3n) is 7.87. The highest BCUT2D eigenvalue weighted by Gasteiger charge is 2.42. The van der Waals surface area contributed by atoms with Crippen molar-refractivity contribution in [2.75, 3.05) is 46.2 Å². The summed E-state index contributed by atoms with van der Waals surface area (Å²) in [6.07, 6.45) is 6.86. The number of ether oxygens (including phenoxy) is 4. The topological polar surface area (TPSA) is 80.7 Å². The Morgan fingerprint density at radius 1 is 1.14 bits per heavy atom.